The van der Waals surface area contributed by atoms with Gasteiger partial charge in [-0.3, -0.25) is 14.8 Å². The summed E-state index contributed by atoms with van der Waals surface area (Å²) in [5, 5.41) is 0. The zero-order valence-electron chi connectivity index (χ0n) is 10.7. The van der Waals surface area contributed by atoms with Crippen molar-refractivity contribution in [1.82, 2.24) is 9.97 Å². The Kier molecular flexibility index (Phi) is 3.33. The minimum absolute atomic E-state index is 0.658. The molecule has 0 aliphatic carbocycles. The molecule has 3 heteroatoms. The molecule has 0 bridgehead atoms. The van der Waals surface area contributed by atoms with Crippen molar-refractivity contribution in [3.8, 4) is 22.3 Å². The van der Waals surface area contributed by atoms with Crippen LogP contribution in [-0.4, -0.2) is 16.3 Å². The second kappa shape index (κ2) is 5.45. The smallest absolute Gasteiger partial charge is 0.150 e. The van der Waals surface area contributed by atoms with Gasteiger partial charge < -0.3 is 0 Å². The summed E-state index contributed by atoms with van der Waals surface area (Å²) < 4.78 is 0. The van der Waals surface area contributed by atoms with Gasteiger partial charge in [0.1, 0.15) is 6.29 Å². The van der Waals surface area contributed by atoms with Crippen LogP contribution < -0.4 is 0 Å². The third kappa shape index (κ3) is 2.47. The number of carbonyl (C=O) groups excluding carboxylic acids is 1. The van der Waals surface area contributed by atoms with E-state index in [2.05, 4.69) is 16.0 Å². The predicted molar refractivity (Wildman–Crippen MR) is 78.3 cm³/mol. The molecule has 0 unspecified atom stereocenters. The van der Waals surface area contributed by atoms with Crippen LogP contribution in [0.25, 0.3) is 22.3 Å². The van der Waals surface area contributed by atoms with Crippen LogP contribution in [0.1, 0.15) is 10.4 Å². The van der Waals surface area contributed by atoms with Crippen molar-refractivity contribution < 1.29 is 4.79 Å². The molecule has 0 saturated carbocycles. The van der Waals surface area contributed by atoms with E-state index in [9.17, 15) is 4.79 Å². The summed E-state index contributed by atoms with van der Waals surface area (Å²) in [6, 6.07) is 13.6. The summed E-state index contributed by atoms with van der Waals surface area (Å²) >= 11 is 0. The lowest BCUT2D eigenvalue weighted by atomic mass is 9.97. The molecule has 0 saturated heterocycles. The van der Waals surface area contributed by atoms with Crippen LogP contribution in [0, 0.1) is 0 Å². The topological polar surface area (TPSA) is 42.9 Å². The fourth-order valence-electron chi connectivity index (χ4n) is 2.14. The number of aromatic nitrogens is 2. The van der Waals surface area contributed by atoms with Gasteiger partial charge in [-0.1, -0.05) is 0 Å². The number of pyridine rings is 2. The van der Waals surface area contributed by atoms with Gasteiger partial charge in [0.05, 0.1) is 0 Å². The average Bonchev–Trinajstić information content (AvgIpc) is 2.56. The molecule has 0 fully saturated rings. The lowest BCUT2D eigenvalue weighted by molar-refractivity contribution is 0.112. The zero-order chi connectivity index (χ0) is 13.8. The van der Waals surface area contributed by atoms with Crippen molar-refractivity contribution in [2.45, 2.75) is 0 Å². The number of aldehydes is 1. The van der Waals surface area contributed by atoms with Gasteiger partial charge in [0, 0.05) is 30.4 Å². The van der Waals surface area contributed by atoms with E-state index >= 15 is 0 Å². The summed E-state index contributed by atoms with van der Waals surface area (Å²) in [5.74, 6) is 0. The molecule has 0 aliphatic rings. The number of hydrogen-bond acceptors (Lipinski definition) is 3. The maximum Gasteiger partial charge on any atom is 0.150 e. The summed E-state index contributed by atoms with van der Waals surface area (Å²) in [6.45, 7) is 0. The molecular formula is C17H12N2O. The first-order valence-electron chi connectivity index (χ1n) is 6.28. The number of hydrogen-bond donors (Lipinski definition) is 0. The van der Waals surface area contributed by atoms with Gasteiger partial charge in [-0.05, 0) is 64.7 Å². The van der Waals surface area contributed by atoms with Gasteiger partial charge in [-0.2, -0.15) is 0 Å². The van der Waals surface area contributed by atoms with E-state index in [1.807, 2.05) is 36.4 Å². The van der Waals surface area contributed by atoms with Crippen LogP contribution in [0.15, 0.2) is 67.3 Å². The van der Waals surface area contributed by atoms with Gasteiger partial charge in [0.2, 0.25) is 0 Å². The Bertz CT molecular complexity index is 667. The molecule has 1 aromatic carbocycles. The zero-order valence-corrected chi connectivity index (χ0v) is 10.7. The van der Waals surface area contributed by atoms with Crippen LogP contribution in [0.5, 0.6) is 0 Å². The number of rotatable bonds is 3. The van der Waals surface area contributed by atoms with E-state index in [0.29, 0.717) is 5.56 Å². The molecule has 0 atom stereocenters. The minimum atomic E-state index is 0.658. The highest BCUT2D eigenvalue weighted by molar-refractivity contribution is 5.84. The lowest BCUT2D eigenvalue weighted by Gasteiger charge is -2.07. The highest BCUT2D eigenvalue weighted by atomic mass is 16.1. The first-order valence-corrected chi connectivity index (χ1v) is 6.28. The molecule has 20 heavy (non-hydrogen) atoms. The third-order valence-corrected chi connectivity index (χ3v) is 3.12. The molecule has 0 amide bonds. The van der Waals surface area contributed by atoms with Gasteiger partial charge in [0.15, 0.2) is 0 Å². The standard InChI is InChI=1S/C17H12N2O/c20-12-13-9-16(14-1-5-18-6-2-14)11-17(10-13)15-3-7-19-8-4-15/h1-12H. The van der Waals surface area contributed by atoms with Crippen LogP contribution in [-0.2, 0) is 0 Å². The lowest BCUT2D eigenvalue weighted by Crippen LogP contribution is -1.87. The highest BCUT2D eigenvalue weighted by Gasteiger charge is 2.05. The first kappa shape index (κ1) is 12.2. The van der Waals surface area contributed by atoms with E-state index in [-0.39, 0.29) is 0 Å². The van der Waals surface area contributed by atoms with E-state index in [1.165, 1.54) is 0 Å². The third-order valence-electron chi connectivity index (χ3n) is 3.12. The predicted octanol–water partition coefficient (Wildman–Crippen LogP) is 3.62. The second-order valence-electron chi connectivity index (χ2n) is 4.43. The van der Waals surface area contributed by atoms with Gasteiger partial charge in [-0.25, -0.2) is 0 Å². The normalized spacial score (nSPS) is 10.2. The van der Waals surface area contributed by atoms with E-state index in [0.717, 1.165) is 28.5 Å². The summed E-state index contributed by atoms with van der Waals surface area (Å²) in [6.07, 6.45) is 7.85. The van der Waals surface area contributed by atoms with E-state index < -0.39 is 0 Å². The fourth-order valence-corrected chi connectivity index (χ4v) is 2.14. The molecule has 96 valence electrons. The number of benzene rings is 1. The van der Waals surface area contributed by atoms with Crippen molar-refractivity contribution in [2.24, 2.45) is 0 Å². The molecule has 0 N–H and O–H groups in total. The summed E-state index contributed by atoms with van der Waals surface area (Å²) in [7, 11) is 0. The molecule has 3 rings (SSSR count). The maximum absolute atomic E-state index is 11.1. The highest BCUT2D eigenvalue weighted by Crippen LogP contribution is 2.27. The Morgan fingerprint density at radius 2 is 1.10 bits per heavy atom. The SMILES string of the molecule is O=Cc1cc(-c2ccncc2)cc(-c2ccncc2)c1. The van der Waals surface area contributed by atoms with Crippen molar-refractivity contribution in [2.75, 3.05) is 0 Å². The molecule has 2 aromatic heterocycles. The maximum atomic E-state index is 11.1. The Morgan fingerprint density at radius 1 is 0.650 bits per heavy atom. The van der Waals surface area contributed by atoms with E-state index in [4.69, 9.17) is 0 Å². The second-order valence-corrected chi connectivity index (χ2v) is 4.43. The largest absolute Gasteiger partial charge is 0.298 e. The summed E-state index contributed by atoms with van der Waals surface area (Å²) in [4.78, 5) is 19.2. The molecular weight excluding hydrogens is 248 g/mol. The Labute approximate surface area is 117 Å². The molecule has 2 heterocycles. The molecule has 3 aromatic rings. The first-order chi connectivity index (χ1) is 9.86. The number of nitrogens with zero attached hydrogens (tertiary/aromatic N) is 2. The van der Waals surface area contributed by atoms with Crippen molar-refractivity contribution >= 4 is 6.29 Å². The van der Waals surface area contributed by atoms with Crippen molar-refractivity contribution in [1.29, 1.82) is 0 Å². The average molecular weight is 260 g/mol. The quantitative estimate of drug-likeness (QED) is 0.675. The minimum Gasteiger partial charge on any atom is -0.298 e. The van der Waals surface area contributed by atoms with Crippen molar-refractivity contribution in [3.63, 3.8) is 0 Å². The van der Waals surface area contributed by atoms with E-state index in [1.54, 1.807) is 24.8 Å². The van der Waals surface area contributed by atoms with Crippen molar-refractivity contribution in [3.05, 3.63) is 72.8 Å². The van der Waals surface area contributed by atoms with Crippen LogP contribution in [0.3, 0.4) is 0 Å². The molecule has 0 aliphatic heterocycles. The fraction of sp³-hybridized carbons (Fsp3) is 0. The summed E-state index contributed by atoms with van der Waals surface area (Å²) in [5.41, 5.74) is 4.75. The molecule has 0 spiro atoms. The van der Waals surface area contributed by atoms with Gasteiger partial charge in [-0.15, -0.1) is 0 Å². The van der Waals surface area contributed by atoms with Gasteiger partial charge in [0.25, 0.3) is 0 Å². The monoisotopic (exact) mass is 260 g/mol. The Balaban J connectivity index is 2.15. The van der Waals surface area contributed by atoms with Crippen LogP contribution >= 0.6 is 0 Å². The number of carbonyl (C=O) groups is 1. The Hall–Kier alpha value is -2.81. The Morgan fingerprint density at radius 3 is 1.50 bits per heavy atom. The molecule has 0 radical (unpaired) electrons. The van der Waals surface area contributed by atoms with Gasteiger partial charge >= 0.3 is 0 Å². The van der Waals surface area contributed by atoms with Crippen LogP contribution in [0.4, 0.5) is 0 Å². The van der Waals surface area contributed by atoms with Crippen LogP contribution in [0.2, 0.25) is 0 Å². The molecule has 3 nitrogen and oxygen atoms in total.